The maximum Gasteiger partial charge on any atom is 0.128 e. The van der Waals surface area contributed by atoms with E-state index in [0.29, 0.717) is 6.04 Å². The Morgan fingerprint density at radius 1 is 1.33 bits per heavy atom. The van der Waals surface area contributed by atoms with Crippen LogP contribution in [0.3, 0.4) is 0 Å². The Kier molecular flexibility index (Phi) is 7.06. The van der Waals surface area contributed by atoms with Gasteiger partial charge in [0.15, 0.2) is 0 Å². The second-order valence-corrected chi connectivity index (χ2v) is 4.76. The summed E-state index contributed by atoms with van der Waals surface area (Å²) in [5, 5.41) is 3.65. The van der Waals surface area contributed by atoms with Gasteiger partial charge >= 0.3 is 0 Å². The summed E-state index contributed by atoms with van der Waals surface area (Å²) in [5.41, 5.74) is 0. The molecule has 0 unspecified atom stereocenters. The number of unbranched alkanes of at least 4 members (excludes halogenated alkanes) is 1. The van der Waals surface area contributed by atoms with E-state index in [9.17, 15) is 0 Å². The number of piperidine rings is 1. The second kappa shape index (κ2) is 8.33. The lowest BCUT2D eigenvalue weighted by atomic mass is 10.0. The van der Waals surface area contributed by atoms with Crippen LogP contribution in [0.1, 0.15) is 32.6 Å². The van der Waals surface area contributed by atoms with Crippen molar-refractivity contribution >= 4 is 18.2 Å². The minimum atomic E-state index is 0. The average molecular weight is 270 g/mol. The molecule has 2 rings (SSSR count). The highest BCUT2D eigenvalue weighted by Crippen LogP contribution is 2.17. The van der Waals surface area contributed by atoms with Gasteiger partial charge in [-0.25, -0.2) is 4.98 Å². The first-order valence-corrected chi connectivity index (χ1v) is 6.79. The summed E-state index contributed by atoms with van der Waals surface area (Å²) in [6.45, 7) is 5.66. The van der Waals surface area contributed by atoms with Crippen LogP contribution in [0.15, 0.2) is 24.4 Å². The van der Waals surface area contributed by atoms with Crippen LogP contribution in [0.5, 0.6) is 0 Å². The van der Waals surface area contributed by atoms with E-state index in [1.165, 1.54) is 32.2 Å². The van der Waals surface area contributed by atoms with E-state index < -0.39 is 0 Å². The zero-order chi connectivity index (χ0) is 11.9. The van der Waals surface area contributed by atoms with Gasteiger partial charge < -0.3 is 10.2 Å². The monoisotopic (exact) mass is 269 g/mol. The van der Waals surface area contributed by atoms with Crippen LogP contribution in [0.2, 0.25) is 0 Å². The van der Waals surface area contributed by atoms with Crippen molar-refractivity contribution < 1.29 is 0 Å². The number of rotatable bonds is 5. The third-order valence-electron chi connectivity index (χ3n) is 3.43. The predicted octanol–water partition coefficient (Wildman–Crippen LogP) is 2.86. The Hall–Kier alpha value is -0.800. The molecule has 0 spiro atoms. The number of halogens is 1. The van der Waals surface area contributed by atoms with Gasteiger partial charge in [0.2, 0.25) is 0 Å². The molecule has 0 aliphatic carbocycles. The number of nitrogens with zero attached hydrogens (tertiary/aromatic N) is 2. The molecule has 102 valence electrons. The molecule has 0 bridgehead atoms. The summed E-state index contributed by atoms with van der Waals surface area (Å²) in [7, 11) is 0. The highest BCUT2D eigenvalue weighted by Gasteiger charge is 2.18. The molecule has 0 atom stereocenters. The number of pyridine rings is 1. The fourth-order valence-corrected chi connectivity index (χ4v) is 2.34. The summed E-state index contributed by atoms with van der Waals surface area (Å²) < 4.78 is 0. The smallest absolute Gasteiger partial charge is 0.128 e. The van der Waals surface area contributed by atoms with Crippen LogP contribution >= 0.6 is 12.4 Å². The highest BCUT2D eigenvalue weighted by molar-refractivity contribution is 5.85. The van der Waals surface area contributed by atoms with Crippen LogP contribution in [0.4, 0.5) is 5.82 Å². The van der Waals surface area contributed by atoms with Crippen molar-refractivity contribution in [3.63, 3.8) is 0 Å². The molecule has 0 aromatic carbocycles. The molecule has 1 aromatic heterocycles. The third-order valence-corrected chi connectivity index (χ3v) is 3.43. The molecule has 1 aromatic rings. The van der Waals surface area contributed by atoms with Gasteiger partial charge in [0.1, 0.15) is 5.82 Å². The van der Waals surface area contributed by atoms with Gasteiger partial charge in [-0.15, -0.1) is 12.4 Å². The quantitative estimate of drug-likeness (QED) is 0.833. The molecular weight excluding hydrogens is 246 g/mol. The Morgan fingerprint density at radius 2 is 2.11 bits per heavy atom. The van der Waals surface area contributed by atoms with Crippen LogP contribution in [0.25, 0.3) is 0 Å². The third kappa shape index (κ3) is 4.46. The number of aromatic nitrogens is 1. The van der Waals surface area contributed by atoms with Gasteiger partial charge in [-0.05, 0) is 37.9 Å². The maximum absolute atomic E-state index is 4.41. The Balaban J connectivity index is 0.00000162. The number of nitrogens with one attached hydrogen (secondary N) is 1. The highest BCUT2D eigenvalue weighted by atomic mass is 35.5. The second-order valence-electron chi connectivity index (χ2n) is 4.76. The predicted molar refractivity (Wildman–Crippen MR) is 79.6 cm³/mol. The van der Waals surface area contributed by atoms with Crippen molar-refractivity contribution in [3.05, 3.63) is 24.4 Å². The average Bonchev–Trinajstić information content (AvgIpc) is 2.41. The summed E-state index contributed by atoms with van der Waals surface area (Å²) in [4.78, 5) is 6.80. The molecule has 2 heterocycles. The van der Waals surface area contributed by atoms with E-state index in [2.05, 4.69) is 34.3 Å². The van der Waals surface area contributed by atoms with Gasteiger partial charge in [-0.1, -0.05) is 19.4 Å². The molecule has 1 aliphatic heterocycles. The van der Waals surface area contributed by atoms with Gasteiger partial charge in [-0.3, -0.25) is 0 Å². The van der Waals surface area contributed by atoms with Crippen molar-refractivity contribution in [1.82, 2.24) is 10.3 Å². The minimum absolute atomic E-state index is 0. The normalized spacial score (nSPS) is 16.4. The topological polar surface area (TPSA) is 28.2 Å². The van der Waals surface area contributed by atoms with Crippen molar-refractivity contribution in [2.24, 2.45) is 0 Å². The summed E-state index contributed by atoms with van der Waals surface area (Å²) in [6.07, 6.45) is 6.92. The molecule has 1 fully saturated rings. The standard InChI is InChI=1S/C14H23N3.ClH/c1-2-3-9-15-13-7-11-17(12-8-13)14-6-4-5-10-16-14;/h4-6,10,13,15H,2-3,7-9,11-12H2,1H3;1H. The van der Waals surface area contributed by atoms with Crippen molar-refractivity contribution in [3.8, 4) is 0 Å². The van der Waals surface area contributed by atoms with Crippen molar-refractivity contribution in [2.45, 2.75) is 38.6 Å². The maximum atomic E-state index is 4.41. The number of hydrogen-bond donors (Lipinski definition) is 1. The van der Waals surface area contributed by atoms with E-state index in [1.807, 2.05) is 12.3 Å². The zero-order valence-corrected chi connectivity index (χ0v) is 12.0. The Labute approximate surface area is 116 Å². The van der Waals surface area contributed by atoms with Crippen LogP contribution in [-0.2, 0) is 0 Å². The first-order valence-electron chi connectivity index (χ1n) is 6.79. The fraction of sp³-hybridized carbons (Fsp3) is 0.643. The molecule has 1 saturated heterocycles. The van der Waals surface area contributed by atoms with Crippen LogP contribution in [0, 0.1) is 0 Å². The number of hydrogen-bond acceptors (Lipinski definition) is 3. The van der Waals surface area contributed by atoms with E-state index in [1.54, 1.807) is 0 Å². The number of anilines is 1. The van der Waals surface area contributed by atoms with Gasteiger partial charge in [0.25, 0.3) is 0 Å². The van der Waals surface area contributed by atoms with Crippen LogP contribution in [-0.4, -0.2) is 30.7 Å². The summed E-state index contributed by atoms with van der Waals surface area (Å²) in [6, 6.07) is 6.85. The van der Waals surface area contributed by atoms with E-state index in [0.717, 1.165) is 18.9 Å². The molecule has 3 nitrogen and oxygen atoms in total. The van der Waals surface area contributed by atoms with Crippen LogP contribution < -0.4 is 10.2 Å². The molecule has 4 heteroatoms. The van der Waals surface area contributed by atoms with E-state index in [-0.39, 0.29) is 12.4 Å². The zero-order valence-electron chi connectivity index (χ0n) is 11.1. The lowest BCUT2D eigenvalue weighted by molar-refractivity contribution is 0.411. The Bertz CT molecular complexity index is 310. The first kappa shape index (κ1) is 15.3. The SMILES string of the molecule is CCCCNC1CCN(c2ccccn2)CC1.Cl. The van der Waals surface area contributed by atoms with Gasteiger partial charge in [0, 0.05) is 25.3 Å². The first-order chi connectivity index (χ1) is 8.40. The van der Waals surface area contributed by atoms with Gasteiger partial charge in [-0.2, -0.15) is 0 Å². The molecule has 0 saturated carbocycles. The van der Waals surface area contributed by atoms with Crippen molar-refractivity contribution in [2.75, 3.05) is 24.5 Å². The lowest BCUT2D eigenvalue weighted by Gasteiger charge is -2.33. The molecule has 0 amide bonds. The molecule has 1 N–H and O–H groups in total. The Morgan fingerprint density at radius 3 is 2.72 bits per heavy atom. The largest absolute Gasteiger partial charge is 0.357 e. The van der Waals surface area contributed by atoms with E-state index >= 15 is 0 Å². The molecular formula is C14H24ClN3. The molecule has 18 heavy (non-hydrogen) atoms. The van der Waals surface area contributed by atoms with Gasteiger partial charge in [0.05, 0.1) is 0 Å². The molecule has 1 aliphatic rings. The molecule has 0 radical (unpaired) electrons. The fourth-order valence-electron chi connectivity index (χ4n) is 2.34. The lowest BCUT2D eigenvalue weighted by Crippen LogP contribution is -2.43. The minimum Gasteiger partial charge on any atom is -0.357 e. The summed E-state index contributed by atoms with van der Waals surface area (Å²) >= 11 is 0. The van der Waals surface area contributed by atoms with E-state index in [4.69, 9.17) is 0 Å². The van der Waals surface area contributed by atoms with Crippen molar-refractivity contribution in [1.29, 1.82) is 0 Å². The summed E-state index contributed by atoms with van der Waals surface area (Å²) in [5.74, 6) is 1.12.